The van der Waals surface area contributed by atoms with E-state index >= 15 is 0 Å². The summed E-state index contributed by atoms with van der Waals surface area (Å²) in [5, 5.41) is 9.50. The second kappa shape index (κ2) is 2.60. The molecule has 0 amide bonds. The van der Waals surface area contributed by atoms with E-state index < -0.39 is 0 Å². The van der Waals surface area contributed by atoms with Crippen LogP contribution in [0.1, 0.15) is 32.1 Å². The van der Waals surface area contributed by atoms with E-state index in [2.05, 4.69) is 12.2 Å². The summed E-state index contributed by atoms with van der Waals surface area (Å²) in [5.41, 5.74) is 0.351. The summed E-state index contributed by atoms with van der Waals surface area (Å²) >= 11 is 0. The molecule has 1 heteroatoms. The summed E-state index contributed by atoms with van der Waals surface area (Å²) in [6, 6.07) is 0. The molecule has 0 aromatic heterocycles. The molecule has 2 fully saturated rings. The van der Waals surface area contributed by atoms with Gasteiger partial charge in [-0.25, -0.2) is 0 Å². The van der Waals surface area contributed by atoms with E-state index in [0.29, 0.717) is 12.0 Å². The molecular formula is C12H18O. The van der Waals surface area contributed by atoms with Gasteiger partial charge < -0.3 is 5.11 Å². The average Bonchev–Trinajstić information content (AvgIpc) is 2.64. The Kier molecular flexibility index (Phi) is 1.61. The summed E-state index contributed by atoms with van der Waals surface area (Å²) in [5.74, 6) is 2.50. The molecule has 0 aliphatic heterocycles. The number of hydrogen-bond acceptors (Lipinski definition) is 1. The van der Waals surface area contributed by atoms with Gasteiger partial charge >= 0.3 is 0 Å². The van der Waals surface area contributed by atoms with Gasteiger partial charge in [-0.15, -0.1) is 0 Å². The number of aliphatic hydroxyl groups excluding tert-OH is 1. The molecule has 1 N–H and O–H groups in total. The fourth-order valence-corrected chi connectivity index (χ4v) is 3.76. The Bertz CT molecular complexity index is 234. The molecule has 0 heterocycles. The number of rotatable bonds is 2. The molecular weight excluding hydrogens is 160 g/mol. The van der Waals surface area contributed by atoms with Gasteiger partial charge in [-0.3, -0.25) is 0 Å². The van der Waals surface area contributed by atoms with Gasteiger partial charge in [0.15, 0.2) is 0 Å². The zero-order valence-electron chi connectivity index (χ0n) is 8.08. The topological polar surface area (TPSA) is 20.2 Å². The first-order valence-corrected chi connectivity index (χ1v) is 5.63. The Hall–Kier alpha value is -0.300. The minimum absolute atomic E-state index is 0.351. The lowest BCUT2D eigenvalue weighted by Crippen LogP contribution is -2.42. The molecule has 0 aromatic rings. The molecule has 0 radical (unpaired) electrons. The van der Waals surface area contributed by atoms with Crippen LogP contribution in [0.15, 0.2) is 12.2 Å². The second-order valence-corrected chi connectivity index (χ2v) is 5.26. The molecule has 3 rings (SSSR count). The fraction of sp³-hybridized carbons (Fsp3) is 0.833. The van der Waals surface area contributed by atoms with Gasteiger partial charge in [0, 0.05) is 6.61 Å². The standard InChI is InChI=1S/C12H18O/c13-8-12(4-1-5-12)11-7-9-2-3-10(11)6-9/h2-3,9-11,13H,1,4-8H2. The van der Waals surface area contributed by atoms with Gasteiger partial charge in [-0.1, -0.05) is 18.6 Å². The maximum atomic E-state index is 9.50. The number of fused-ring (bicyclic) bond motifs is 2. The van der Waals surface area contributed by atoms with Crippen LogP contribution in [0, 0.1) is 23.2 Å². The van der Waals surface area contributed by atoms with Crippen molar-refractivity contribution in [3.05, 3.63) is 12.2 Å². The lowest BCUT2D eigenvalue weighted by Gasteiger charge is -2.47. The van der Waals surface area contributed by atoms with Gasteiger partial charge in [0.2, 0.25) is 0 Å². The fourth-order valence-electron chi connectivity index (χ4n) is 3.76. The Morgan fingerprint density at radius 1 is 1.23 bits per heavy atom. The molecule has 0 spiro atoms. The van der Waals surface area contributed by atoms with Crippen molar-refractivity contribution in [2.24, 2.45) is 23.2 Å². The van der Waals surface area contributed by atoms with Crippen LogP contribution < -0.4 is 0 Å². The molecule has 3 unspecified atom stereocenters. The molecule has 0 saturated heterocycles. The van der Waals surface area contributed by atoms with Crippen LogP contribution in [0.3, 0.4) is 0 Å². The molecule has 13 heavy (non-hydrogen) atoms. The van der Waals surface area contributed by atoms with E-state index in [4.69, 9.17) is 0 Å². The van der Waals surface area contributed by atoms with Crippen molar-refractivity contribution < 1.29 is 5.11 Å². The van der Waals surface area contributed by atoms with Crippen molar-refractivity contribution in [1.82, 2.24) is 0 Å². The zero-order chi connectivity index (χ0) is 8.89. The summed E-state index contributed by atoms with van der Waals surface area (Å²) in [6.45, 7) is 0.439. The van der Waals surface area contributed by atoms with Crippen LogP contribution in [0.25, 0.3) is 0 Å². The summed E-state index contributed by atoms with van der Waals surface area (Å²) < 4.78 is 0. The SMILES string of the molecule is OCC1(C2CC3C=CC2C3)CCC1. The summed E-state index contributed by atoms with van der Waals surface area (Å²) in [4.78, 5) is 0. The molecule has 3 atom stereocenters. The highest BCUT2D eigenvalue weighted by molar-refractivity contribution is 5.14. The second-order valence-electron chi connectivity index (χ2n) is 5.26. The first kappa shape index (κ1) is 8.05. The minimum Gasteiger partial charge on any atom is -0.396 e. The van der Waals surface area contributed by atoms with Crippen LogP contribution in [-0.4, -0.2) is 11.7 Å². The van der Waals surface area contributed by atoms with Crippen LogP contribution in [0.4, 0.5) is 0 Å². The average molecular weight is 178 g/mol. The van der Waals surface area contributed by atoms with Gasteiger partial charge in [0.25, 0.3) is 0 Å². The molecule has 1 nitrogen and oxygen atoms in total. The van der Waals surface area contributed by atoms with Crippen molar-refractivity contribution in [3.63, 3.8) is 0 Å². The molecule has 0 aromatic carbocycles. The predicted molar refractivity (Wildman–Crippen MR) is 52.2 cm³/mol. The van der Waals surface area contributed by atoms with Gasteiger partial charge in [-0.2, -0.15) is 0 Å². The highest BCUT2D eigenvalue weighted by Gasteiger charge is 2.50. The Morgan fingerprint density at radius 2 is 2.08 bits per heavy atom. The third-order valence-corrected chi connectivity index (χ3v) is 4.73. The van der Waals surface area contributed by atoms with E-state index in [1.807, 2.05) is 0 Å². The van der Waals surface area contributed by atoms with Crippen molar-refractivity contribution in [3.8, 4) is 0 Å². The predicted octanol–water partition coefficient (Wildman–Crippen LogP) is 2.36. The van der Waals surface area contributed by atoms with E-state index in [1.165, 1.54) is 32.1 Å². The number of hydrogen-bond donors (Lipinski definition) is 1. The maximum absolute atomic E-state index is 9.50. The molecule has 3 aliphatic rings. The van der Waals surface area contributed by atoms with E-state index in [9.17, 15) is 5.11 Å². The van der Waals surface area contributed by atoms with Crippen molar-refractivity contribution >= 4 is 0 Å². The first-order chi connectivity index (χ1) is 6.34. The normalized spacial score (nSPS) is 45.2. The van der Waals surface area contributed by atoms with Gasteiger partial charge in [0.1, 0.15) is 0 Å². The van der Waals surface area contributed by atoms with Crippen LogP contribution >= 0.6 is 0 Å². The quantitative estimate of drug-likeness (QED) is 0.644. The number of allylic oxidation sites excluding steroid dienone is 2. The highest BCUT2D eigenvalue weighted by Crippen LogP contribution is 2.58. The molecule has 3 aliphatic carbocycles. The van der Waals surface area contributed by atoms with Gasteiger partial charge in [0.05, 0.1) is 0 Å². The van der Waals surface area contributed by atoms with E-state index in [-0.39, 0.29) is 0 Å². The van der Waals surface area contributed by atoms with Gasteiger partial charge in [-0.05, 0) is 48.9 Å². The summed E-state index contributed by atoms with van der Waals surface area (Å²) in [6.07, 6.45) is 11.5. The monoisotopic (exact) mass is 178 g/mol. The summed E-state index contributed by atoms with van der Waals surface area (Å²) in [7, 11) is 0. The van der Waals surface area contributed by atoms with Crippen LogP contribution in [-0.2, 0) is 0 Å². The molecule has 72 valence electrons. The lowest BCUT2D eigenvalue weighted by molar-refractivity contribution is -0.0241. The zero-order valence-corrected chi connectivity index (χ0v) is 8.08. The maximum Gasteiger partial charge on any atom is 0.0490 e. The molecule has 2 saturated carbocycles. The first-order valence-electron chi connectivity index (χ1n) is 5.63. The van der Waals surface area contributed by atoms with Crippen molar-refractivity contribution in [1.29, 1.82) is 0 Å². The Morgan fingerprint density at radius 3 is 2.46 bits per heavy atom. The van der Waals surface area contributed by atoms with Crippen molar-refractivity contribution in [2.75, 3.05) is 6.61 Å². The highest BCUT2D eigenvalue weighted by atomic mass is 16.3. The largest absolute Gasteiger partial charge is 0.396 e. The van der Waals surface area contributed by atoms with E-state index in [1.54, 1.807) is 0 Å². The number of aliphatic hydroxyl groups is 1. The Balaban J connectivity index is 1.82. The van der Waals surface area contributed by atoms with E-state index in [0.717, 1.165) is 17.8 Å². The smallest absolute Gasteiger partial charge is 0.0490 e. The van der Waals surface area contributed by atoms with Crippen LogP contribution in [0.5, 0.6) is 0 Å². The van der Waals surface area contributed by atoms with Crippen LogP contribution in [0.2, 0.25) is 0 Å². The minimum atomic E-state index is 0.351. The lowest BCUT2D eigenvalue weighted by atomic mass is 9.58. The molecule has 2 bridgehead atoms. The Labute approximate surface area is 79.8 Å². The third-order valence-electron chi connectivity index (χ3n) is 4.73. The van der Waals surface area contributed by atoms with Crippen molar-refractivity contribution in [2.45, 2.75) is 32.1 Å². The third kappa shape index (κ3) is 0.969.